The second-order valence-electron chi connectivity index (χ2n) is 7.26. The van der Waals surface area contributed by atoms with Gasteiger partial charge in [-0.3, -0.25) is 9.69 Å². The number of hydrogen-bond acceptors (Lipinski definition) is 4. The van der Waals surface area contributed by atoms with Crippen LogP contribution in [0.3, 0.4) is 0 Å². The lowest BCUT2D eigenvalue weighted by atomic mass is 10.0. The third-order valence-electron chi connectivity index (χ3n) is 5.11. The summed E-state index contributed by atoms with van der Waals surface area (Å²) < 4.78 is 5.03. The Bertz CT molecular complexity index is 620. The van der Waals surface area contributed by atoms with Crippen LogP contribution in [0.2, 0.25) is 0 Å². The fraction of sp³-hybridized carbons (Fsp3) is 0.600. The van der Waals surface area contributed by atoms with Gasteiger partial charge >= 0.3 is 6.09 Å². The van der Waals surface area contributed by atoms with Crippen molar-refractivity contribution in [2.75, 3.05) is 39.3 Å². The number of nitrogens with one attached hydrogen (secondary N) is 1. The van der Waals surface area contributed by atoms with Crippen LogP contribution in [0.4, 0.5) is 4.79 Å². The van der Waals surface area contributed by atoms with Gasteiger partial charge in [-0.15, -0.1) is 0 Å². The van der Waals surface area contributed by atoms with Crippen LogP contribution < -0.4 is 5.32 Å². The maximum absolute atomic E-state index is 12.6. The summed E-state index contributed by atoms with van der Waals surface area (Å²) in [4.78, 5) is 28.1. The molecule has 1 aliphatic heterocycles. The highest BCUT2D eigenvalue weighted by Gasteiger charge is 2.33. The van der Waals surface area contributed by atoms with E-state index in [4.69, 9.17) is 4.74 Å². The maximum atomic E-state index is 12.6. The lowest BCUT2D eigenvalue weighted by Gasteiger charge is -2.33. The normalized spacial score (nSPS) is 19.1. The van der Waals surface area contributed by atoms with Crippen molar-refractivity contribution in [2.24, 2.45) is 5.92 Å². The molecule has 1 saturated heterocycles. The summed E-state index contributed by atoms with van der Waals surface area (Å²) in [6, 6.07) is 8.56. The van der Waals surface area contributed by atoms with Crippen LogP contribution in [0, 0.1) is 12.8 Å². The van der Waals surface area contributed by atoms with Crippen LogP contribution in [-0.2, 0) is 9.53 Å². The number of carbonyl (C=O) groups excluding carboxylic acids is 2. The van der Waals surface area contributed by atoms with Crippen LogP contribution >= 0.6 is 0 Å². The Labute approximate surface area is 155 Å². The van der Waals surface area contributed by atoms with E-state index in [-0.39, 0.29) is 18.0 Å². The van der Waals surface area contributed by atoms with Crippen molar-refractivity contribution in [2.45, 2.75) is 32.7 Å². The van der Waals surface area contributed by atoms with Crippen molar-refractivity contribution in [3.05, 3.63) is 35.4 Å². The molecular formula is C20H29N3O3. The lowest BCUT2D eigenvalue weighted by molar-refractivity contribution is -0.123. The minimum absolute atomic E-state index is 0.0621. The van der Waals surface area contributed by atoms with Gasteiger partial charge in [-0.1, -0.05) is 29.8 Å². The Morgan fingerprint density at radius 1 is 1.15 bits per heavy atom. The number of nitrogens with zero attached hydrogens (tertiary/aromatic N) is 2. The molecule has 3 rings (SSSR count). The topological polar surface area (TPSA) is 61.9 Å². The van der Waals surface area contributed by atoms with Gasteiger partial charge < -0.3 is 15.0 Å². The highest BCUT2D eigenvalue weighted by atomic mass is 16.6. The van der Waals surface area contributed by atoms with Crippen LogP contribution in [-0.4, -0.2) is 61.1 Å². The molecule has 1 aliphatic carbocycles. The van der Waals surface area contributed by atoms with Crippen molar-refractivity contribution in [3.8, 4) is 0 Å². The predicted octanol–water partition coefficient (Wildman–Crippen LogP) is 2.34. The van der Waals surface area contributed by atoms with E-state index >= 15 is 0 Å². The van der Waals surface area contributed by atoms with Crippen molar-refractivity contribution in [1.82, 2.24) is 15.1 Å². The first kappa shape index (κ1) is 18.7. The van der Waals surface area contributed by atoms with Gasteiger partial charge in [0, 0.05) is 26.2 Å². The predicted molar refractivity (Wildman–Crippen MR) is 99.8 cm³/mol. The van der Waals surface area contributed by atoms with Gasteiger partial charge in [-0.05, 0) is 38.2 Å². The summed E-state index contributed by atoms with van der Waals surface area (Å²) in [5.41, 5.74) is 2.42. The monoisotopic (exact) mass is 359 g/mol. The smallest absolute Gasteiger partial charge is 0.409 e. The van der Waals surface area contributed by atoms with E-state index in [9.17, 15) is 9.59 Å². The molecule has 1 atom stereocenters. The number of amides is 2. The number of piperazine rings is 1. The summed E-state index contributed by atoms with van der Waals surface area (Å²) in [7, 11) is 0. The van der Waals surface area contributed by atoms with Gasteiger partial charge in [0.05, 0.1) is 19.2 Å². The van der Waals surface area contributed by atoms with Crippen LogP contribution in [0.15, 0.2) is 24.3 Å². The number of aryl methyl sites for hydroxylation is 1. The molecule has 0 spiro atoms. The molecule has 0 radical (unpaired) electrons. The Morgan fingerprint density at radius 3 is 2.38 bits per heavy atom. The summed E-state index contributed by atoms with van der Waals surface area (Å²) in [5.74, 6) is 0.620. The second-order valence-corrected chi connectivity index (χ2v) is 7.26. The van der Waals surface area contributed by atoms with Crippen LogP contribution in [0.1, 0.15) is 36.9 Å². The van der Waals surface area contributed by atoms with Crippen molar-refractivity contribution in [3.63, 3.8) is 0 Å². The SMILES string of the molecule is CCOC(=O)N1CCN(CC(=O)NC(c2ccc(C)cc2)C2CC2)CC1. The van der Waals surface area contributed by atoms with Gasteiger partial charge in [0.15, 0.2) is 0 Å². The lowest BCUT2D eigenvalue weighted by Crippen LogP contribution is -2.51. The quantitative estimate of drug-likeness (QED) is 0.847. The second kappa shape index (κ2) is 8.54. The molecule has 6 nitrogen and oxygen atoms in total. The molecule has 2 amide bonds. The zero-order valence-electron chi connectivity index (χ0n) is 15.7. The molecule has 1 N–H and O–H groups in total. The first-order chi connectivity index (χ1) is 12.6. The molecule has 0 aromatic heterocycles. The number of carbonyl (C=O) groups is 2. The average Bonchev–Trinajstić information content (AvgIpc) is 3.46. The van der Waals surface area contributed by atoms with Gasteiger partial charge in [-0.25, -0.2) is 4.79 Å². The van der Waals surface area contributed by atoms with Crippen molar-refractivity contribution >= 4 is 12.0 Å². The average molecular weight is 359 g/mol. The Morgan fingerprint density at radius 2 is 1.81 bits per heavy atom. The first-order valence-corrected chi connectivity index (χ1v) is 9.57. The molecule has 6 heteroatoms. The Hall–Kier alpha value is -2.08. The minimum atomic E-state index is -0.259. The van der Waals surface area contributed by atoms with Crippen LogP contribution in [0.5, 0.6) is 0 Å². The molecule has 1 saturated carbocycles. The Balaban J connectivity index is 1.49. The van der Waals surface area contributed by atoms with E-state index in [0.29, 0.717) is 45.2 Å². The highest BCUT2D eigenvalue weighted by molar-refractivity contribution is 5.78. The zero-order valence-corrected chi connectivity index (χ0v) is 15.7. The summed E-state index contributed by atoms with van der Waals surface area (Å²) in [6.45, 7) is 7.27. The number of rotatable bonds is 6. The van der Waals surface area contributed by atoms with E-state index in [0.717, 1.165) is 0 Å². The molecular weight excluding hydrogens is 330 g/mol. The van der Waals surface area contributed by atoms with Gasteiger partial charge in [-0.2, -0.15) is 0 Å². The van der Waals surface area contributed by atoms with Gasteiger partial charge in [0.2, 0.25) is 5.91 Å². The molecule has 1 unspecified atom stereocenters. The summed E-state index contributed by atoms with van der Waals surface area (Å²) in [6.07, 6.45) is 2.10. The Kier molecular flexibility index (Phi) is 6.14. The highest BCUT2D eigenvalue weighted by Crippen LogP contribution is 2.41. The standard InChI is InChI=1S/C20H29N3O3/c1-3-26-20(25)23-12-10-22(11-13-23)14-18(24)21-19(17-8-9-17)16-6-4-15(2)5-7-16/h4-7,17,19H,3,8-14H2,1-2H3,(H,21,24). The number of ether oxygens (including phenoxy) is 1. The number of benzene rings is 1. The fourth-order valence-electron chi connectivity index (χ4n) is 3.40. The van der Waals surface area contributed by atoms with E-state index < -0.39 is 0 Å². The largest absolute Gasteiger partial charge is 0.450 e. The van der Waals surface area contributed by atoms with E-state index in [1.54, 1.807) is 4.90 Å². The zero-order chi connectivity index (χ0) is 18.5. The van der Waals surface area contributed by atoms with Crippen molar-refractivity contribution < 1.29 is 14.3 Å². The van der Waals surface area contributed by atoms with Crippen molar-refractivity contribution in [1.29, 1.82) is 0 Å². The van der Waals surface area contributed by atoms with Crippen LogP contribution in [0.25, 0.3) is 0 Å². The summed E-state index contributed by atoms with van der Waals surface area (Å²) >= 11 is 0. The molecule has 2 fully saturated rings. The third-order valence-corrected chi connectivity index (χ3v) is 5.11. The maximum Gasteiger partial charge on any atom is 0.409 e. The molecule has 1 aromatic rings. The first-order valence-electron chi connectivity index (χ1n) is 9.57. The number of hydrogen-bond donors (Lipinski definition) is 1. The summed E-state index contributed by atoms with van der Waals surface area (Å²) in [5, 5.41) is 3.23. The fourth-order valence-corrected chi connectivity index (χ4v) is 3.40. The molecule has 0 bridgehead atoms. The minimum Gasteiger partial charge on any atom is -0.450 e. The third kappa shape index (κ3) is 4.97. The molecule has 1 aromatic carbocycles. The molecule has 26 heavy (non-hydrogen) atoms. The van der Waals surface area contributed by atoms with E-state index in [1.807, 2.05) is 6.92 Å². The molecule has 1 heterocycles. The van der Waals surface area contributed by atoms with Gasteiger partial charge in [0.25, 0.3) is 0 Å². The van der Waals surface area contributed by atoms with Gasteiger partial charge in [0.1, 0.15) is 0 Å². The van der Waals surface area contributed by atoms with E-state index in [2.05, 4.69) is 41.4 Å². The van der Waals surface area contributed by atoms with E-state index in [1.165, 1.54) is 24.0 Å². The molecule has 2 aliphatic rings. The molecule has 142 valence electrons.